The van der Waals surface area contributed by atoms with Crippen LogP contribution >= 0.6 is 0 Å². The SMILES string of the molecule is CC[C@H](C)[C@@H](C=O)N(C)Cc1ccccc1CC[C@H](C)[C@@H](C=O)N(C)Cc1ccccc1. The van der Waals surface area contributed by atoms with Crippen molar-refractivity contribution >= 4 is 12.6 Å². The van der Waals surface area contributed by atoms with Crippen LogP contribution in [0, 0.1) is 11.8 Å². The predicted molar refractivity (Wildman–Crippen MR) is 132 cm³/mol. The van der Waals surface area contributed by atoms with Crippen molar-refractivity contribution in [3.63, 3.8) is 0 Å². The van der Waals surface area contributed by atoms with Gasteiger partial charge >= 0.3 is 0 Å². The van der Waals surface area contributed by atoms with Gasteiger partial charge in [-0.25, -0.2) is 0 Å². The molecule has 0 radical (unpaired) electrons. The normalized spacial score (nSPS) is 15.3. The van der Waals surface area contributed by atoms with Crippen molar-refractivity contribution < 1.29 is 9.59 Å². The minimum atomic E-state index is -0.116. The third-order valence-corrected chi connectivity index (χ3v) is 6.79. The van der Waals surface area contributed by atoms with Gasteiger partial charge in [-0.2, -0.15) is 0 Å². The zero-order valence-electron chi connectivity index (χ0n) is 20.4. The first-order valence-corrected chi connectivity index (χ1v) is 11.8. The summed E-state index contributed by atoms with van der Waals surface area (Å²) in [4.78, 5) is 27.9. The molecule has 174 valence electrons. The van der Waals surface area contributed by atoms with Gasteiger partial charge < -0.3 is 9.59 Å². The molecule has 4 atom stereocenters. The van der Waals surface area contributed by atoms with Crippen LogP contribution in [0.2, 0.25) is 0 Å². The number of benzene rings is 2. The molecule has 0 heterocycles. The lowest BCUT2D eigenvalue weighted by Gasteiger charge is -2.30. The van der Waals surface area contributed by atoms with E-state index in [1.54, 1.807) is 0 Å². The summed E-state index contributed by atoms with van der Waals surface area (Å²) < 4.78 is 0. The second-order valence-electron chi connectivity index (χ2n) is 9.24. The molecule has 0 amide bonds. The Bertz CT molecular complexity index is 823. The van der Waals surface area contributed by atoms with Crippen LogP contribution in [-0.4, -0.2) is 48.6 Å². The van der Waals surface area contributed by atoms with Gasteiger partial charge in [0.2, 0.25) is 0 Å². The van der Waals surface area contributed by atoms with Crippen LogP contribution in [0.3, 0.4) is 0 Å². The Morgan fingerprint density at radius 2 is 1.28 bits per heavy atom. The van der Waals surface area contributed by atoms with Gasteiger partial charge in [-0.3, -0.25) is 9.80 Å². The number of likely N-dealkylation sites (N-methyl/N-ethyl adjacent to an activating group) is 2. The summed E-state index contributed by atoms with van der Waals surface area (Å²) in [7, 11) is 4.06. The fourth-order valence-electron chi connectivity index (χ4n) is 4.45. The quantitative estimate of drug-likeness (QED) is 0.391. The number of aryl methyl sites for hydroxylation is 1. The molecule has 0 aliphatic carbocycles. The lowest BCUT2D eigenvalue weighted by Crippen LogP contribution is -2.38. The number of rotatable bonds is 14. The smallest absolute Gasteiger partial charge is 0.137 e. The second-order valence-corrected chi connectivity index (χ2v) is 9.24. The standard InChI is InChI=1S/C28H40N2O2/c1-6-22(2)27(20-31)30(5)19-26-15-11-10-14-25(26)17-16-23(3)28(21-32)29(4)18-24-12-8-7-9-13-24/h7-15,20-23,27-28H,6,16-19H2,1-5H3/t22-,23-,27+,28+/m0/s1. The molecule has 0 fully saturated rings. The Morgan fingerprint density at radius 3 is 1.88 bits per heavy atom. The molecule has 0 bridgehead atoms. The maximum absolute atomic E-state index is 11.9. The second kappa shape index (κ2) is 13.3. The van der Waals surface area contributed by atoms with Crippen molar-refractivity contribution in [3.8, 4) is 0 Å². The van der Waals surface area contributed by atoms with E-state index in [9.17, 15) is 9.59 Å². The zero-order valence-corrected chi connectivity index (χ0v) is 20.4. The number of aldehydes is 2. The summed E-state index contributed by atoms with van der Waals surface area (Å²) in [6.07, 6.45) is 5.01. The number of carbonyl (C=O) groups is 2. The van der Waals surface area contributed by atoms with E-state index in [2.05, 4.69) is 67.0 Å². The van der Waals surface area contributed by atoms with E-state index >= 15 is 0 Å². The molecule has 2 aromatic carbocycles. The molecule has 0 aliphatic rings. The first-order chi connectivity index (χ1) is 15.4. The molecular formula is C28H40N2O2. The molecule has 4 nitrogen and oxygen atoms in total. The van der Waals surface area contributed by atoms with E-state index < -0.39 is 0 Å². The Balaban J connectivity index is 2.01. The van der Waals surface area contributed by atoms with Gasteiger partial charge in [0.25, 0.3) is 0 Å². The monoisotopic (exact) mass is 436 g/mol. The van der Waals surface area contributed by atoms with E-state index in [0.717, 1.165) is 44.9 Å². The van der Waals surface area contributed by atoms with Crippen LogP contribution in [-0.2, 0) is 29.1 Å². The molecular weight excluding hydrogens is 396 g/mol. The van der Waals surface area contributed by atoms with Crippen molar-refractivity contribution in [2.45, 2.75) is 65.2 Å². The molecule has 0 unspecified atom stereocenters. The largest absolute Gasteiger partial charge is 0.302 e. The van der Waals surface area contributed by atoms with Gasteiger partial charge in [0.15, 0.2) is 0 Å². The van der Waals surface area contributed by atoms with E-state index in [-0.39, 0.29) is 18.0 Å². The molecule has 2 aromatic rings. The number of nitrogens with zero attached hydrogens (tertiary/aromatic N) is 2. The highest BCUT2D eigenvalue weighted by atomic mass is 16.1. The fourth-order valence-corrected chi connectivity index (χ4v) is 4.45. The van der Waals surface area contributed by atoms with Crippen LogP contribution in [0.1, 0.15) is 50.3 Å². The number of hydrogen-bond acceptors (Lipinski definition) is 4. The molecule has 0 N–H and O–H groups in total. The highest BCUT2D eigenvalue weighted by Gasteiger charge is 2.23. The maximum Gasteiger partial charge on any atom is 0.137 e. The topological polar surface area (TPSA) is 40.6 Å². The van der Waals surface area contributed by atoms with Gasteiger partial charge in [0.05, 0.1) is 12.1 Å². The average molecular weight is 437 g/mol. The minimum Gasteiger partial charge on any atom is -0.302 e. The first kappa shape index (κ1) is 26.0. The third kappa shape index (κ3) is 7.39. The number of carbonyl (C=O) groups excluding carboxylic acids is 2. The van der Waals surface area contributed by atoms with Crippen molar-refractivity contribution in [1.82, 2.24) is 9.80 Å². The molecule has 0 aromatic heterocycles. The van der Waals surface area contributed by atoms with Crippen molar-refractivity contribution in [1.29, 1.82) is 0 Å². The van der Waals surface area contributed by atoms with Crippen molar-refractivity contribution in [2.75, 3.05) is 14.1 Å². The summed E-state index contributed by atoms with van der Waals surface area (Å²) in [5.41, 5.74) is 3.78. The summed E-state index contributed by atoms with van der Waals surface area (Å²) in [6, 6.07) is 18.6. The van der Waals surface area contributed by atoms with Crippen molar-refractivity contribution in [2.24, 2.45) is 11.8 Å². The van der Waals surface area contributed by atoms with Gasteiger partial charge in [-0.1, -0.05) is 81.8 Å². The van der Waals surface area contributed by atoms with Gasteiger partial charge in [0, 0.05) is 13.1 Å². The maximum atomic E-state index is 11.9. The summed E-state index contributed by atoms with van der Waals surface area (Å²) in [5.74, 6) is 0.577. The lowest BCUT2D eigenvalue weighted by molar-refractivity contribution is -0.114. The average Bonchev–Trinajstić information content (AvgIpc) is 2.80. The van der Waals surface area contributed by atoms with Crippen LogP contribution in [0.25, 0.3) is 0 Å². The molecule has 32 heavy (non-hydrogen) atoms. The van der Waals surface area contributed by atoms with Crippen molar-refractivity contribution in [3.05, 3.63) is 71.3 Å². The fraction of sp³-hybridized carbons (Fsp3) is 0.500. The van der Waals surface area contributed by atoms with E-state index in [1.807, 2.05) is 32.3 Å². The summed E-state index contributed by atoms with van der Waals surface area (Å²) in [6.45, 7) is 7.94. The van der Waals surface area contributed by atoms with E-state index in [1.165, 1.54) is 16.7 Å². The third-order valence-electron chi connectivity index (χ3n) is 6.79. The van der Waals surface area contributed by atoms with E-state index in [4.69, 9.17) is 0 Å². The van der Waals surface area contributed by atoms with Gasteiger partial charge in [-0.05, 0) is 55.5 Å². The van der Waals surface area contributed by atoms with Crippen LogP contribution in [0.15, 0.2) is 54.6 Å². The predicted octanol–water partition coefficient (Wildman–Crippen LogP) is 5.00. The van der Waals surface area contributed by atoms with Gasteiger partial charge in [0.1, 0.15) is 12.6 Å². The molecule has 0 spiro atoms. The zero-order chi connectivity index (χ0) is 23.5. The Labute approximate surface area is 194 Å². The van der Waals surface area contributed by atoms with Crippen LogP contribution in [0.5, 0.6) is 0 Å². The Morgan fingerprint density at radius 1 is 0.750 bits per heavy atom. The highest BCUT2D eigenvalue weighted by Crippen LogP contribution is 2.22. The molecule has 0 aliphatic heterocycles. The molecule has 4 heteroatoms. The van der Waals surface area contributed by atoms with Gasteiger partial charge in [-0.15, -0.1) is 0 Å². The minimum absolute atomic E-state index is 0.0712. The lowest BCUT2D eigenvalue weighted by atomic mass is 9.91. The highest BCUT2D eigenvalue weighted by molar-refractivity contribution is 5.58. The summed E-state index contributed by atoms with van der Waals surface area (Å²) in [5, 5.41) is 0. The summed E-state index contributed by atoms with van der Waals surface area (Å²) >= 11 is 0. The Hall–Kier alpha value is -2.30. The number of hydrogen-bond donors (Lipinski definition) is 0. The van der Waals surface area contributed by atoms with Crippen LogP contribution < -0.4 is 0 Å². The molecule has 0 saturated heterocycles. The molecule has 2 rings (SSSR count). The molecule has 0 saturated carbocycles. The van der Waals surface area contributed by atoms with E-state index in [0.29, 0.717) is 5.92 Å². The Kier molecular flexibility index (Phi) is 10.8. The van der Waals surface area contributed by atoms with Crippen LogP contribution in [0.4, 0.5) is 0 Å². The first-order valence-electron chi connectivity index (χ1n) is 11.8.